The molecule has 0 aromatic carbocycles. The molecule has 9 nitrogen and oxygen atoms in total. The molecule has 0 saturated heterocycles. The zero-order valence-electron chi connectivity index (χ0n) is 13.4. The molecule has 80 valence electrons. The molecule has 0 atom stereocenters. The standard InChI is InChI=1S/K.3Na.3H2O3Si.4H/c;;;;3*1-4(2)3;;;;/h;;;;3*1-2H;;;;/q4*+1;;;;4*-1. The third-order valence-corrected chi connectivity index (χ3v) is 0. The van der Waals surface area contributed by atoms with Crippen LogP contribution in [0, 0.1) is 0 Å². The van der Waals surface area contributed by atoms with Crippen LogP contribution >= 0.6 is 0 Å². The van der Waals surface area contributed by atoms with Crippen molar-refractivity contribution in [1.82, 2.24) is 0 Å². The van der Waals surface area contributed by atoms with Crippen molar-refractivity contribution in [2.45, 2.75) is 0 Å². The van der Waals surface area contributed by atoms with Gasteiger partial charge in [-0.3, -0.25) is 13.4 Å². The minimum Gasteiger partial charge on any atom is -1.00 e. The average molecular weight is 346 g/mol. The molecule has 0 aromatic rings. The zero-order valence-corrected chi connectivity index (χ0v) is 21.5. The van der Waals surface area contributed by atoms with Crippen molar-refractivity contribution in [2.75, 3.05) is 0 Å². The first-order valence-corrected chi connectivity index (χ1v) is 5.86. The topological polar surface area (TPSA) is 173 Å². The van der Waals surface area contributed by atoms with Crippen LogP contribution in [0.3, 0.4) is 0 Å². The second kappa shape index (κ2) is 36.3. The van der Waals surface area contributed by atoms with Crippen LogP contribution in [0.4, 0.5) is 0 Å². The first-order chi connectivity index (χ1) is 5.20. The van der Waals surface area contributed by atoms with Crippen molar-refractivity contribution in [3.05, 3.63) is 0 Å². The Hall–Kier alpha value is 3.49. The fourth-order valence-corrected chi connectivity index (χ4v) is 0. The second-order valence-corrected chi connectivity index (χ2v) is 2.54. The molecule has 0 aromatic heterocycles. The molecule has 0 bridgehead atoms. The molecule has 16 heavy (non-hydrogen) atoms. The van der Waals surface area contributed by atoms with Crippen molar-refractivity contribution < 1.29 is 188 Å². The normalized spacial score (nSPS) is 4.50. The van der Waals surface area contributed by atoms with Crippen molar-refractivity contribution in [2.24, 2.45) is 0 Å². The summed E-state index contributed by atoms with van der Waals surface area (Å²) < 4.78 is 26.2. The van der Waals surface area contributed by atoms with Gasteiger partial charge in [-0.1, -0.05) is 0 Å². The van der Waals surface area contributed by atoms with E-state index >= 15 is 0 Å². The molecule has 0 amide bonds. The predicted molar refractivity (Wildman–Crippen MR) is 37.1 cm³/mol. The van der Waals surface area contributed by atoms with Gasteiger partial charge in [0, 0.05) is 0 Å². The Morgan fingerprint density at radius 2 is 0.562 bits per heavy atom. The second-order valence-electron chi connectivity index (χ2n) is 0.848. The van der Waals surface area contributed by atoms with Gasteiger partial charge < -0.3 is 34.5 Å². The van der Waals surface area contributed by atoms with Gasteiger partial charge in [0.1, 0.15) is 0 Å². The number of rotatable bonds is 0. The van der Waals surface area contributed by atoms with Gasteiger partial charge in [-0.2, -0.15) is 0 Å². The van der Waals surface area contributed by atoms with Crippen LogP contribution in [0.5, 0.6) is 0 Å². The summed E-state index contributed by atoms with van der Waals surface area (Å²) in [5.74, 6) is 0. The third kappa shape index (κ3) is 391. The van der Waals surface area contributed by atoms with Crippen LogP contribution in [0.2, 0.25) is 0 Å². The Labute approximate surface area is 211 Å². The summed E-state index contributed by atoms with van der Waals surface area (Å²) in [6.07, 6.45) is 0. The largest absolute Gasteiger partial charge is 1.00 e. The zero-order chi connectivity index (χ0) is 10.7. The Balaban J connectivity index is -0.00000000562. The van der Waals surface area contributed by atoms with E-state index in [4.69, 9.17) is 42.2 Å². The van der Waals surface area contributed by atoms with Gasteiger partial charge in [0.15, 0.2) is 0 Å². The van der Waals surface area contributed by atoms with Crippen LogP contribution in [0.1, 0.15) is 5.71 Å². The van der Waals surface area contributed by atoms with Crippen molar-refractivity contribution in [1.29, 1.82) is 0 Å². The molecular weight excluding hydrogens is 336 g/mol. The Morgan fingerprint density at radius 3 is 0.562 bits per heavy atom. The first kappa shape index (κ1) is 42.7. The quantitative estimate of drug-likeness (QED) is 0.233. The molecule has 0 rings (SSSR count). The SMILES string of the molecule is O=[Si](O)O.O=[Si](O)O.O=[Si](O)O.[H-].[H-].[H-].[H-].[K+].[Na+].[Na+].[Na+]. The van der Waals surface area contributed by atoms with E-state index in [-0.39, 0.29) is 146 Å². The summed E-state index contributed by atoms with van der Waals surface area (Å²) in [6.45, 7) is 0. The molecule has 0 radical (unpaired) electrons. The summed E-state index contributed by atoms with van der Waals surface area (Å²) in [5.41, 5.74) is 0. The molecule has 0 heterocycles. The van der Waals surface area contributed by atoms with Gasteiger partial charge in [-0.15, -0.1) is 0 Å². The summed E-state index contributed by atoms with van der Waals surface area (Å²) in [7, 11) is -9.39. The van der Waals surface area contributed by atoms with Crippen LogP contribution in [-0.4, -0.2) is 56.3 Å². The molecule has 0 spiro atoms. The van der Waals surface area contributed by atoms with Crippen LogP contribution in [0.25, 0.3) is 0 Å². The van der Waals surface area contributed by atoms with Crippen LogP contribution in [0.15, 0.2) is 0 Å². The Kier molecular flexibility index (Phi) is 96.8. The summed E-state index contributed by atoms with van der Waals surface area (Å²) in [5, 5.41) is 0. The van der Waals surface area contributed by atoms with Crippen LogP contribution < -0.4 is 140 Å². The fraction of sp³-hybridized carbons (Fsp3) is 0. The number of hydrogen-bond donors (Lipinski definition) is 6. The summed E-state index contributed by atoms with van der Waals surface area (Å²) in [6, 6.07) is 0. The van der Waals surface area contributed by atoms with Gasteiger partial charge in [0.2, 0.25) is 0 Å². The van der Waals surface area contributed by atoms with E-state index in [1.54, 1.807) is 0 Å². The molecular formula is H10KNa3O9Si3. The monoisotopic (exact) mass is 346 g/mol. The molecule has 6 N–H and O–H groups in total. The predicted octanol–water partition coefficient (Wildman–Crippen LogP) is -16.4. The van der Waals surface area contributed by atoms with Gasteiger partial charge >= 0.3 is 168 Å². The Bertz CT molecular complexity index is 138. The minimum absolute atomic E-state index is 0. The van der Waals surface area contributed by atoms with Crippen LogP contribution in [-0.2, 0) is 13.4 Å². The van der Waals surface area contributed by atoms with E-state index in [0.29, 0.717) is 0 Å². The molecule has 0 aliphatic carbocycles. The van der Waals surface area contributed by atoms with Gasteiger partial charge in [0.05, 0.1) is 0 Å². The summed E-state index contributed by atoms with van der Waals surface area (Å²) >= 11 is 0. The molecule has 0 aliphatic rings. The van der Waals surface area contributed by atoms with Gasteiger partial charge in [-0.25, -0.2) is 0 Å². The molecule has 0 unspecified atom stereocenters. The van der Waals surface area contributed by atoms with E-state index in [1.165, 1.54) is 0 Å². The maximum atomic E-state index is 8.74. The van der Waals surface area contributed by atoms with E-state index < -0.39 is 27.5 Å². The number of hydrogen-bond acceptors (Lipinski definition) is 3. The van der Waals surface area contributed by atoms with E-state index in [2.05, 4.69) is 0 Å². The third-order valence-electron chi connectivity index (χ3n) is 0. The van der Waals surface area contributed by atoms with Crippen molar-refractivity contribution >= 4 is 27.5 Å². The molecule has 16 heteroatoms. The molecule has 0 saturated carbocycles. The maximum Gasteiger partial charge on any atom is 1.00 e. The smallest absolute Gasteiger partial charge is 1.00 e. The van der Waals surface area contributed by atoms with Gasteiger partial charge in [0.25, 0.3) is 0 Å². The van der Waals surface area contributed by atoms with E-state index in [1.807, 2.05) is 0 Å². The Morgan fingerprint density at radius 1 is 0.562 bits per heavy atom. The maximum absolute atomic E-state index is 8.74. The minimum atomic E-state index is -3.13. The first-order valence-electron chi connectivity index (χ1n) is 1.95. The van der Waals surface area contributed by atoms with Crippen molar-refractivity contribution in [3.8, 4) is 0 Å². The van der Waals surface area contributed by atoms with E-state index in [9.17, 15) is 0 Å². The fourth-order valence-electron chi connectivity index (χ4n) is 0. The molecule has 0 aliphatic heterocycles. The van der Waals surface area contributed by atoms with Crippen molar-refractivity contribution in [3.63, 3.8) is 0 Å². The molecule has 0 fully saturated rings. The summed E-state index contributed by atoms with van der Waals surface area (Å²) in [4.78, 5) is 42.9. The van der Waals surface area contributed by atoms with E-state index in [0.717, 1.165) is 0 Å². The van der Waals surface area contributed by atoms with Gasteiger partial charge in [-0.05, 0) is 0 Å². The average Bonchev–Trinajstić information content (AvgIpc) is 1.54.